The van der Waals surface area contributed by atoms with Gasteiger partial charge in [-0.05, 0) is 38.4 Å². The number of hydrogen-bond acceptors (Lipinski definition) is 7. The number of piperidine rings is 1. The van der Waals surface area contributed by atoms with Gasteiger partial charge in [0.1, 0.15) is 17.0 Å². The highest BCUT2D eigenvalue weighted by Crippen LogP contribution is 2.39. The van der Waals surface area contributed by atoms with Crippen LogP contribution in [0, 0.1) is 16.7 Å². The molecule has 3 aromatic heterocycles. The van der Waals surface area contributed by atoms with Crippen LogP contribution in [0.25, 0.3) is 22.3 Å². The molecule has 172 valence electrons. The summed E-state index contributed by atoms with van der Waals surface area (Å²) in [6, 6.07) is 5.85. The molecule has 2 saturated heterocycles. The summed E-state index contributed by atoms with van der Waals surface area (Å²) in [7, 11) is 0. The Kier molecular flexibility index (Phi) is 5.12. The molecule has 1 atom stereocenters. The lowest BCUT2D eigenvalue weighted by Gasteiger charge is -2.44. The zero-order valence-electron chi connectivity index (χ0n) is 18.0. The minimum Gasteiger partial charge on any atom is -0.353 e. The standard InChI is InChI=1S/C22H23F3N8/c1-21(10-26)11-33(12-21)17-5-4-14-15(8-28-19(14)31-17)18-16(22(23,24)25)9-29-20(32-18)30-13-3-2-6-27-7-13/h4-5,8-9,13,27H,2-3,6-7,11-12H2,1H3,(H,28,31)(H,29,30,32). The lowest BCUT2D eigenvalue weighted by molar-refractivity contribution is -0.137. The predicted octanol–water partition coefficient (Wildman–Crippen LogP) is 3.55. The summed E-state index contributed by atoms with van der Waals surface area (Å²) in [5, 5.41) is 16.2. The van der Waals surface area contributed by atoms with Crippen LogP contribution in [0.3, 0.4) is 0 Å². The van der Waals surface area contributed by atoms with Gasteiger partial charge in [-0.3, -0.25) is 0 Å². The smallest absolute Gasteiger partial charge is 0.353 e. The fourth-order valence-corrected chi connectivity index (χ4v) is 4.42. The molecule has 0 amide bonds. The second-order valence-electron chi connectivity index (χ2n) is 8.94. The third-order valence-electron chi connectivity index (χ3n) is 6.18. The summed E-state index contributed by atoms with van der Waals surface area (Å²) < 4.78 is 41.4. The van der Waals surface area contributed by atoms with Crippen molar-refractivity contribution >= 4 is 22.8 Å². The quantitative estimate of drug-likeness (QED) is 0.551. The average Bonchev–Trinajstić information content (AvgIpc) is 3.20. The van der Waals surface area contributed by atoms with Crippen molar-refractivity contribution < 1.29 is 13.2 Å². The minimum atomic E-state index is -4.60. The lowest BCUT2D eigenvalue weighted by Crippen LogP contribution is -2.54. The van der Waals surface area contributed by atoms with Crippen LogP contribution >= 0.6 is 0 Å². The zero-order chi connectivity index (χ0) is 23.2. The van der Waals surface area contributed by atoms with Crippen LogP contribution in [0.5, 0.6) is 0 Å². The summed E-state index contributed by atoms with van der Waals surface area (Å²) in [6.45, 7) is 4.64. The van der Waals surface area contributed by atoms with Gasteiger partial charge in [0.15, 0.2) is 0 Å². The topological polar surface area (TPSA) is 106 Å². The number of nitrogens with zero attached hydrogens (tertiary/aromatic N) is 5. The van der Waals surface area contributed by atoms with E-state index in [1.165, 1.54) is 6.20 Å². The largest absolute Gasteiger partial charge is 0.419 e. The number of H-pyrrole nitrogens is 1. The first-order chi connectivity index (χ1) is 15.8. The van der Waals surface area contributed by atoms with Crippen molar-refractivity contribution in [2.75, 3.05) is 36.4 Å². The maximum Gasteiger partial charge on any atom is 0.419 e. The summed E-state index contributed by atoms with van der Waals surface area (Å²) in [5.74, 6) is 0.844. The van der Waals surface area contributed by atoms with Gasteiger partial charge in [0.05, 0.1) is 17.2 Å². The second-order valence-corrected chi connectivity index (χ2v) is 8.94. The van der Waals surface area contributed by atoms with Crippen LogP contribution < -0.4 is 15.5 Å². The number of hydrogen-bond donors (Lipinski definition) is 3. The first-order valence-electron chi connectivity index (χ1n) is 10.8. The Hall–Kier alpha value is -3.39. The highest BCUT2D eigenvalue weighted by Gasteiger charge is 2.40. The molecule has 0 saturated carbocycles. The molecule has 3 N–H and O–H groups in total. The third kappa shape index (κ3) is 4.06. The molecule has 0 spiro atoms. The van der Waals surface area contributed by atoms with Crippen LogP contribution in [0.4, 0.5) is 24.9 Å². The van der Waals surface area contributed by atoms with Crippen LogP contribution in [-0.2, 0) is 6.18 Å². The molecule has 0 bridgehead atoms. The van der Waals surface area contributed by atoms with Gasteiger partial charge >= 0.3 is 6.18 Å². The average molecular weight is 456 g/mol. The normalized spacial score (nSPS) is 20.3. The Morgan fingerprint density at radius 2 is 2.09 bits per heavy atom. The van der Waals surface area contributed by atoms with Crippen molar-refractivity contribution in [2.45, 2.75) is 32.0 Å². The number of nitriles is 1. The molecule has 2 fully saturated rings. The Morgan fingerprint density at radius 1 is 1.27 bits per heavy atom. The molecule has 5 heterocycles. The van der Waals surface area contributed by atoms with E-state index in [2.05, 4.69) is 36.6 Å². The van der Waals surface area contributed by atoms with Crippen molar-refractivity contribution in [3.05, 3.63) is 30.1 Å². The van der Waals surface area contributed by atoms with E-state index in [1.54, 1.807) is 12.1 Å². The fraction of sp³-hybridized carbons (Fsp3) is 0.455. The summed E-state index contributed by atoms with van der Waals surface area (Å²) in [4.78, 5) is 17.7. The number of anilines is 2. The van der Waals surface area contributed by atoms with Gasteiger partial charge in [-0.15, -0.1) is 0 Å². The van der Waals surface area contributed by atoms with E-state index in [4.69, 9.17) is 0 Å². The lowest BCUT2D eigenvalue weighted by atomic mass is 9.84. The van der Waals surface area contributed by atoms with Crippen LogP contribution in [0.15, 0.2) is 24.5 Å². The van der Waals surface area contributed by atoms with E-state index in [9.17, 15) is 18.4 Å². The molecule has 3 aromatic rings. The maximum atomic E-state index is 13.8. The molecule has 2 aliphatic heterocycles. The first kappa shape index (κ1) is 21.5. The monoisotopic (exact) mass is 456 g/mol. The van der Waals surface area contributed by atoms with Crippen LogP contribution in [0.2, 0.25) is 0 Å². The molecule has 8 nitrogen and oxygen atoms in total. The summed E-state index contributed by atoms with van der Waals surface area (Å²) in [6.07, 6.45) is -0.387. The van der Waals surface area contributed by atoms with Crippen molar-refractivity contribution in [3.63, 3.8) is 0 Å². The first-order valence-corrected chi connectivity index (χ1v) is 10.8. The van der Waals surface area contributed by atoms with Crippen molar-refractivity contribution in [3.8, 4) is 17.3 Å². The molecule has 5 rings (SSSR count). The van der Waals surface area contributed by atoms with E-state index in [0.29, 0.717) is 42.0 Å². The third-order valence-corrected chi connectivity index (χ3v) is 6.18. The van der Waals surface area contributed by atoms with Gasteiger partial charge in [-0.25, -0.2) is 15.0 Å². The molecular weight excluding hydrogens is 433 g/mol. The number of aromatic amines is 1. The van der Waals surface area contributed by atoms with Gasteiger partial charge in [0.25, 0.3) is 0 Å². The van der Waals surface area contributed by atoms with E-state index >= 15 is 0 Å². The Labute approximate surface area is 188 Å². The second kappa shape index (κ2) is 7.88. The SMILES string of the molecule is CC1(C#N)CN(c2ccc3c(-c4nc(NC5CCCNC5)ncc4C(F)(F)F)c[nH]c3n2)C1. The fourth-order valence-electron chi connectivity index (χ4n) is 4.42. The maximum absolute atomic E-state index is 13.8. The molecule has 0 aromatic carbocycles. The van der Waals surface area contributed by atoms with Gasteiger partial charge in [0.2, 0.25) is 5.95 Å². The molecular formula is C22H23F3N8. The van der Waals surface area contributed by atoms with E-state index < -0.39 is 17.2 Å². The van der Waals surface area contributed by atoms with Crippen molar-refractivity contribution in [1.82, 2.24) is 25.3 Å². The Bertz CT molecular complexity index is 1220. The van der Waals surface area contributed by atoms with E-state index in [-0.39, 0.29) is 17.7 Å². The molecule has 1 unspecified atom stereocenters. The number of halogens is 3. The summed E-state index contributed by atoms with van der Waals surface area (Å²) in [5.41, 5.74) is -0.713. The number of rotatable bonds is 4. The Balaban J connectivity index is 1.49. The van der Waals surface area contributed by atoms with Crippen molar-refractivity contribution in [1.29, 1.82) is 5.26 Å². The predicted molar refractivity (Wildman–Crippen MR) is 118 cm³/mol. The number of alkyl halides is 3. The molecule has 33 heavy (non-hydrogen) atoms. The molecule has 0 aliphatic carbocycles. The zero-order valence-corrected chi connectivity index (χ0v) is 18.0. The minimum absolute atomic E-state index is 0.0613. The van der Waals surface area contributed by atoms with Crippen LogP contribution in [0.1, 0.15) is 25.3 Å². The van der Waals surface area contributed by atoms with Gasteiger partial charge in [-0.2, -0.15) is 18.4 Å². The van der Waals surface area contributed by atoms with Crippen LogP contribution in [-0.4, -0.2) is 52.2 Å². The van der Waals surface area contributed by atoms with Gasteiger partial charge < -0.3 is 20.5 Å². The molecule has 2 aliphatic rings. The van der Waals surface area contributed by atoms with Crippen molar-refractivity contribution in [2.24, 2.45) is 5.41 Å². The Morgan fingerprint density at radius 3 is 2.79 bits per heavy atom. The number of aromatic nitrogens is 4. The highest BCUT2D eigenvalue weighted by atomic mass is 19.4. The molecule has 0 radical (unpaired) electrons. The van der Waals surface area contributed by atoms with E-state index in [1.807, 2.05) is 11.8 Å². The number of pyridine rings is 1. The number of nitrogens with one attached hydrogen (secondary N) is 3. The van der Waals surface area contributed by atoms with E-state index in [0.717, 1.165) is 25.6 Å². The highest BCUT2D eigenvalue weighted by molar-refractivity contribution is 5.94. The number of fused-ring (bicyclic) bond motifs is 1. The van der Waals surface area contributed by atoms with Gasteiger partial charge in [-0.1, -0.05) is 0 Å². The van der Waals surface area contributed by atoms with Gasteiger partial charge in [0, 0.05) is 49.0 Å². The summed E-state index contributed by atoms with van der Waals surface area (Å²) >= 11 is 0. The molecule has 11 heteroatoms.